The number of hydrogen-bond acceptors (Lipinski definition) is 3. The number of carbonyl (C=O) groups excluding carboxylic acids is 2. The van der Waals surface area contributed by atoms with Crippen molar-refractivity contribution < 1.29 is 19.5 Å². The zero-order chi connectivity index (χ0) is 11.8. The molecule has 0 aliphatic carbocycles. The summed E-state index contributed by atoms with van der Waals surface area (Å²) in [6.07, 6.45) is 0.676. The minimum Gasteiger partial charge on any atom is -0.480 e. The average Bonchev–Trinajstić information content (AvgIpc) is 2.08. The Morgan fingerprint density at radius 2 is 2.00 bits per heavy atom. The van der Waals surface area contributed by atoms with Crippen molar-refractivity contribution in [2.24, 2.45) is 5.73 Å². The maximum atomic E-state index is 10.6. The number of hydrogen-bond donors (Lipinski definition) is 4. The fourth-order valence-corrected chi connectivity index (χ4v) is 1.000. The van der Waals surface area contributed by atoms with Crippen LogP contribution in [0.25, 0.3) is 0 Å². The van der Waals surface area contributed by atoms with E-state index in [1.54, 1.807) is 0 Å². The predicted octanol–water partition coefficient (Wildman–Crippen LogP) is -0.976. The van der Waals surface area contributed by atoms with Crippen LogP contribution in [-0.4, -0.2) is 35.6 Å². The number of amides is 3. The summed E-state index contributed by atoms with van der Waals surface area (Å²) in [5, 5.41) is 13.3. The number of urea groups is 1. The highest BCUT2D eigenvalue weighted by atomic mass is 16.4. The molecule has 0 bridgehead atoms. The van der Waals surface area contributed by atoms with E-state index in [0.29, 0.717) is 13.0 Å². The van der Waals surface area contributed by atoms with Crippen LogP contribution in [0.5, 0.6) is 0 Å². The first-order valence-corrected chi connectivity index (χ1v) is 4.46. The zero-order valence-electron chi connectivity index (χ0n) is 8.45. The van der Waals surface area contributed by atoms with Gasteiger partial charge in [-0.15, -0.1) is 0 Å². The third-order valence-corrected chi connectivity index (χ3v) is 1.66. The van der Waals surface area contributed by atoms with Gasteiger partial charge in [0.25, 0.3) is 0 Å². The first-order chi connectivity index (χ1) is 6.93. The first-order valence-electron chi connectivity index (χ1n) is 4.46. The van der Waals surface area contributed by atoms with Gasteiger partial charge in [-0.1, -0.05) is 0 Å². The lowest BCUT2D eigenvalue weighted by Crippen LogP contribution is -2.43. The number of primary amides is 1. The Balaban J connectivity index is 3.81. The number of aliphatic carboxylic acids is 1. The molecule has 7 heteroatoms. The molecule has 0 aliphatic heterocycles. The maximum absolute atomic E-state index is 10.6. The Hall–Kier alpha value is -1.79. The Labute approximate surface area is 87.0 Å². The highest BCUT2D eigenvalue weighted by Crippen LogP contribution is 1.96. The van der Waals surface area contributed by atoms with Crippen molar-refractivity contribution in [1.82, 2.24) is 10.6 Å². The Kier molecular flexibility index (Phi) is 5.84. The lowest BCUT2D eigenvalue weighted by Gasteiger charge is -2.12. The van der Waals surface area contributed by atoms with Gasteiger partial charge in [0.15, 0.2) is 0 Å². The van der Waals surface area contributed by atoms with Gasteiger partial charge >= 0.3 is 12.0 Å². The van der Waals surface area contributed by atoms with Crippen molar-refractivity contribution in [2.75, 3.05) is 6.54 Å². The number of carbonyl (C=O) groups is 3. The normalized spacial score (nSPS) is 11.5. The molecule has 15 heavy (non-hydrogen) atoms. The minimum absolute atomic E-state index is 0.176. The largest absolute Gasteiger partial charge is 0.480 e. The summed E-state index contributed by atoms with van der Waals surface area (Å²) in [5.74, 6) is -1.32. The fourth-order valence-electron chi connectivity index (χ4n) is 1.000. The van der Waals surface area contributed by atoms with Crippen LogP contribution < -0.4 is 16.4 Å². The van der Waals surface area contributed by atoms with E-state index >= 15 is 0 Å². The molecule has 0 fully saturated rings. The van der Waals surface area contributed by atoms with E-state index in [1.165, 1.54) is 6.92 Å². The summed E-state index contributed by atoms with van der Waals surface area (Å²) in [5.41, 5.74) is 4.80. The SMILES string of the molecule is CC(=O)NCCCC(NC(N)=O)C(=O)O. The summed E-state index contributed by atoms with van der Waals surface area (Å²) in [4.78, 5) is 31.5. The van der Waals surface area contributed by atoms with E-state index in [2.05, 4.69) is 10.6 Å². The minimum atomic E-state index is -1.14. The smallest absolute Gasteiger partial charge is 0.326 e. The summed E-state index contributed by atoms with van der Waals surface area (Å²) in [6, 6.07) is -1.88. The predicted molar refractivity (Wildman–Crippen MR) is 52.1 cm³/mol. The van der Waals surface area contributed by atoms with Gasteiger partial charge in [-0.25, -0.2) is 9.59 Å². The maximum Gasteiger partial charge on any atom is 0.326 e. The topological polar surface area (TPSA) is 122 Å². The van der Waals surface area contributed by atoms with Crippen LogP contribution in [0.1, 0.15) is 19.8 Å². The number of carboxylic acids is 1. The van der Waals surface area contributed by atoms with Gasteiger partial charge in [0.05, 0.1) is 0 Å². The molecule has 3 amide bonds. The van der Waals surface area contributed by atoms with Crippen LogP contribution in [-0.2, 0) is 9.59 Å². The van der Waals surface area contributed by atoms with Gasteiger partial charge in [0, 0.05) is 13.5 Å². The number of nitrogens with two attached hydrogens (primary N) is 1. The molecule has 0 aromatic heterocycles. The Bertz CT molecular complexity index is 254. The van der Waals surface area contributed by atoms with E-state index in [9.17, 15) is 14.4 Å². The van der Waals surface area contributed by atoms with Crippen LogP contribution in [0.15, 0.2) is 0 Å². The highest BCUT2D eigenvalue weighted by molar-refractivity contribution is 5.81. The van der Waals surface area contributed by atoms with Crippen molar-refractivity contribution in [3.63, 3.8) is 0 Å². The van der Waals surface area contributed by atoms with Gasteiger partial charge in [-0.3, -0.25) is 4.79 Å². The van der Waals surface area contributed by atoms with Crippen LogP contribution in [0, 0.1) is 0 Å². The summed E-state index contributed by atoms with van der Waals surface area (Å²) >= 11 is 0. The molecule has 86 valence electrons. The molecule has 1 atom stereocenters. The molecule has 5 N–H and O–H groups in total. The molecule has 0 heterocycles. The van der Waals surface area contributed by atoms with Gasteiger partial charge < -0.3 is 21.5 Å². The summed E-state index contributed by atoms with van der Waals surface area (Å²) in [6.45, 7) is 1.75. The second kappa shape index (κ2) is 6.63. The van der Waals surface area contributed by atoms with Gasteiger partial charge in [-0.05, 0) is 12.8 Å². The van der Waals surface area contributed by atoms with Gasteiger partial charge in [0.2, 0.25) is 5.91 Å². The van der Waals surface area contributed by atoms with Crippen LogP contribution in [0.2, 0.25) is 0 Å². The molecule has 0 spiro atoms. The zero-order valence-corrected chi connectivity index (χ0v) is 8.45. The quantitative estimate of drug-likeness (QED) is 0.427. The fraction of sp³-hybridized carbons (Fsp3) is 0.625. The number of rotatable bonds is 6. The molecular formula is C8H15N3O4. The molecule has 0 aliphatic rings. The van der Waals surface area contributed by atoms with Crippen molar-refractivity contribution >= 4 is 17.9 Å². The van der Waals surface area contributed by atoms with E-state index < -0.39 is 18.0 Å². The molecule has 0 aromatic rings. The lowest BCUT2D eigenvalue weighted by atomic mass is 10.1. The van der Waals surface area contributed by atoms with Crippen molar-refractivity contribution in [3.8, 4) is 0 Å². The standard InChI is InChI=1S/C8H15N3O4/c1-5(12)10-4-2-3-6(7(13)14)11-8(9)15/h6H,2-4H2,1H3,(H,10,12)(H,13,14)(H3,9,11,15). The van der Waals surface area contributed by atoms with Crippen molar-refractivity contribution in [1.29, 1.82) is 0 Å². The molecule has 0 rings (SSSR count). The average molecular weight is 217 g/mol. The third-order valence-electron chi connectivity index (χ3n) is 1.66. The monoisotopic (exact) mass is 217 g/mol. The highest BCUT2D eigenvalue weighted by Gasteiger charge is 2.17. The van der Waals surface area contributed by atoms with E-state index in [4.69, 9.17) is 10.8 Å². The molecule has 0 aromatic carbocycles. The second-order valence-electron chi connectivity index (χ2n) is 3.02. The molecule has 1 unspecified atom stereocenters. The van der Waals surface area contributed by atoms with Gasteiger partial charge in [0.1, 0.15) is 6.04 Å². The molecular weight excluding hydrogens is 202 g/mol. The Morgan fingerprint density at radius 3 is 2.40 bits per heavy atom. The van der Waals surface area contributed by atoms with Crippen LogP contribution >= 0.6 is 0 Å². The van der Waals surface area contributed by atoms with E-state index in [1.807, 2.05) is 0 Å². The van der Waals surface area contributed by atoms with Crippen LogP contribution in [0.4, 0.5) is 4.79 Å². The van der Waals surface area contributed by atoms with Crippen molar-refractivity contribution in [3.05, 3.63) is 0 Å². The van der Waals surface area contributed by atoms with Crippen molar-refractivity contribution in [2.45, 2.75) is 25.8 Å². The number of carboxylic acid groups (broad SMARTS) is 1. The molecule has 7 nitrogen and oxygen atoms in total. The first kappa shape index (κ1) is 13.2. The third kappa shape index (κ3) is 7.29. The van der Waals surface area contributed by atoms with Gasteiger partial charge in [-0.2, -0.15) is 0 Å². The Morgan fingerprint density at radius 1 is 1.40 bits per heavy atom. The van der Waals surface area contributed by atoms with E-state index in [0.717, 1.165) is 0 Å². The van der Waals surface area contributed by atoms with Crippen LogP contribution in [0.3, 0.4) is 0 Å². The summed E-state index contributed by atoms with van der Waals surface area (Å²) < 4.78 is 0. The molecule has 0 radical (unpaired) electrons. The molecule has 0 saturated carbocycles. The lowest BCUT2D eigenvalue weighted by molar-refractivity contribution is -0.139. The van der Waals surface area contributed by atoms with E-state index in [-0.39, 0.29) is 12.3 Å². The molecule has 0 saturated heterocycles. The summed E-state index contributed by atoms with van der Waals surface area (Å²) in [7, 11) is 0. The number of nitrogens with one attached hydrogen (secondary N) is 2. The second-order valence-corrected chi connectivity index (χ2v) is 3.02.